The predicted octanol–water partition coefficient (Wildman–Crippen LogP) is 1.57. The van der Waals surface area contributed by atoms with Crippen molar-refractivity contribution in [2.75, 3.05) is 12.8 Å². The van der Waals surface area contributed by atoms with Gasteiger partial charge in [-0.05, 0) is 31.2 Å². The zero-order valence-electron chi connectivity index (χ0n) is 8.22. The Balaban J connectivity index is 2.47. The van der Waals surface area contributed by atoms with E-state index in [0.29, 0.717) is 5.00 Å². The number of nitrogen functional groups attached to an aromatic ring is 1. The number of carbonyl (C=O) groups excluding carboxylic acids is 1. The van der Waals surface area contributed by atoms with Crippen LogP contribution in [0.3, 0.4) is 0 Å². The van der Waals surface area contributed by atoms with Crippen molar-refractivity contribution in [3.05, 3.63) is 16.0 Å². The number of thiophene rings is 1. The number of hydrogen-bond acceptors (Lipinski definition) is 3. The van der Waals surface area contributed by atoms with Crippen LogP contribution < -0.4 is 11.1 Å². The standard InChI is InChI=1S/C10H14N2OS/c1-12-10(13)8-6-4-2-3-5-7(6)14-9(8)11/h2-5,11H2,1H3,(H,12,13). The van der Waals surface area contributed by atoms with E-state index in [2.05, 4.69) is 5.32 Å². The normalized spacial score (nSPS) is 14.9. The number of nitrogens with one attached hydrogen (secondary N) is 1. The van der Waals surface area contributed by atoms with Crippen LogP contribution in [0.25, 0.3) is 0 Å². The number of fused-ring (bicyclic) bond motifs is 1. The second kappa shape index (κ2) is 3.61. The smallest absolute Gasteiger partial charge is 0.254 e. The summed E-state index contributed by atoms with van der Waals surface area (Å²) >= 11 is 1.58. The van der Waals surface area contributed by atoms with Gasteiger partial charge in [0.2, 0.25) is 0 Å². The van der Waals surface area contributed by atoms with Crippen LogP contribution in [0, 0.1) is 0 Å². The van der Waals surface area contributed by atoms with Gasteiger partial charge >= 0.3 is 0 Å². The largest absolute Gasteiger partial charge is 0.390 e. The number of aryl methyl sites for hydroxylation is 1. The maximum Gasteiger partial charge on any atom is 0.254 e. The molecule has 0 saturated heterocycles. The maximum atomic E-state index is 11.6. The SMILES string of the molecule is CNC(=O)c1c(N)sc2c1CCCC2. The Hall–Kier alpha value is -1.03. The van der Waals surface area contributed by atoms with Gasteiger partial charge in [0, 0.05) is 11.9 Å². The Labute approximate surface area is 87.3 Å². The molecule has 0 atom stereocenters. The summed E-state index contributed by atoms with van der Waals surface area (Å²) in [5, 5.41) is 3.32. The molecular formula is C10H14N2OS. The summed E-state index contributed by atoms with van der Waals surface area (Å²) in [6.45, 7) is 0. The Morgan fingerprint density at radius 1 is 1.43 bits per heavy atom. The minimum atomic E-state index is -0.0399. The molecule has 0 spiro atoms. The number of hydrogen-bond donors (Lipinski definition) is 2. The lowest BCUT2D eigenvalue weighted by atomic mass is 9.95. The molecule has 1 aliphatic carbocycles. The van der Waals surface area contributed by atoms with Gasteiger partial charge in [-0.2, -0.15) is 0 Å². The molecule has 0 aliphatic heterocycles. The van der Waals surface area contributed by atoms with E-state index in [0.717, 1.165) is 18.4 Å². The Kier molecular flexibility index (Phi) is 2.46. The summed E-state index contributed by atoms with van der Waals surface area (Å²) in [6.07, 6.45) is 4.49. The minimum Gasteiger partial charge on any atom is -0.390 e. The quantitative estimate of drug-likeness (QED) is 0.739. The number of anilines is 1. The van der Waals surface area contributed by atoms with Crippen LogP contribution >= 0.6 is 11.3 Å². The Morgan fingerprint density at radius 3 is 2.86 bits per heavy atom. The van der Waals surface area contributed by atoms with E-state index in [9.17, 15) is 4.79 Å². The summed E-state index contributed by atoms with van der Waals surface area (Å²) < 4.78 is 0. The molecule has 0 bridgehead atoms. The van der Waals surface area contributed by atoms with Crippen LogP contribution in [-0.4, -0.2) is 13.0 Å². The van der Waals surface area contributed by atoms with Gasteiger partial charge in [0.1, 0.15) is 0 Å². The molecule has 3 N–H and O–H groups in total. The molecule has 0 fully saturated rings. The Bertz CT molecular complexity index is 370. The van der Waals surface area contributed by atoms with E-state index >= 15 is 0 Å². The molecule has 1 aromatic heterocycles. The summed E-state index contributed by atoms with van der Waals surface area (Å²) in [7, 11) is 1.65. The molecule has 1 amide bonds. The van der Waals surface area contributed by atoms with Crippen LogP contribution in [0.2, 0.25) is 0 Å². The fraction of sp³-hybridized carbons (Fsp3) is 0.500. The van der Waals surface area contributed by atoms with Crippen molar-refractivity contribution in [1.82, 2.24) is 5.32 Å². The van der Waals surface area contributed by atoms with Crippen molar-refractivity contribution in [2.24, 2.45) is 0 Å². The number of amides is 1. The average molecular weight is 210 g/mol. The molecule has 1 aliphatic rings. The number of nitrogens with two attached hydrogens (primary N) is 1. The molecule has 3 nitrogen and oxygen atoms in total. The summed E-state index contributed by atoms with van der Waals surface area (Å²) in [6, 6.07) is 0. The van der Waals surface area contributed by atoms with E-state index in [1.165, 1.54) is 23.3 Å². The fourth-order valence-electron chi connectivity index (χ4n) is 1.96. The topological polar surface area (TPSA) is 55.1 Å². The van der Waals surface area contributed by atoms with Gasteiger partial charge in [0.15, 0.2) is 0 Å². The molecule has 1 heterocycles. The van der Waals surface area contributed by atoms with Crippen molar-refractivity contribution < 1.29 is 4.79 Å². The molecule has 2 rings (SSSR count). The first-order valence-electron chi connectivity index (χ1n) is 4.86. The van der Waals surface area contributed by atoms with Gasteiger partial charge < -0.3 is 11.1 Å². The summed E-state index contributed by atoms with van der Waals surface area (Å²) in [4.78, 5) is 12.9. The van der Waals surface area contributed by atoms with E-state index in [4.69, 9.17) is 5.73 Å². The third kappa shape index (κ3) is 1.39. The van der Waals surface area contributed by atoms with Crippen molar-refractivity contribution >= 4 is 22.2 Å². The zero-order valence-corrected chi connectivity index (χ0v) is 9.04. The van der Waals surface area contributed by atoms with Gasteiger partial charge in [0.05, 0.1) is 10.6 Å². The van der Waals surface area contributed by atoms with Crippen molar-refractivity contribution in [3.63, 3.8) is 0 Å². The molecule has 4 heteroatoms. The van der Waals surface area contributed by atoms with Crippen LogP contribution in [0.1, 0.15) is 33.6 Å². The van der Waals surface area contributed by atoms with Crippen molar-refractivity contribution in [2.45, 2.75) is 25.7 Å². The first-order chi connectivity index (χ1) is 6.74. The van der Waals surface area contributed by atoms with E-state index in [1.807, 2.05) is 0 Å². The highest BCUT2D eigenvalue weighted by Crippen LogP contribution is 2.35. The molecule has 0 radical (unpaired) electrons. The highest BCUT2D eigenvalue weighted by molar-refractivity contribution is 7.16. The predicted molar refractivity (Wildman–Crippen MR) is 58.8 cm³/mol. The molecule has 0 unspecified atom stereocenters. The molecule has 76 valence electrons. The summed E-state index contributed by atoms with van der Waals surface area (Å²) in [5.41, 5.74) is 7.78. The lowest BCUT2D eigenvalue weighted by Crippen LogP contribution is -2.20. The second-order valence-electron chi connectivity index (χ2n) is 3.53. The first kappa shape index (κ1) is 9.52. The van der Waals surface area contributed by atoms with Crippen molar-refractivity contribution in [1.29, 1.82) is 0 Å². The molecule has 0 aromatic carbocycles. The molecule has 14 heavy (non-hydrogen) atoms. The zero-order chi connectivity index (χ0) is 10.1. The third-order valence-corrected chi connectivity index (χ3v) is 3.77. The molecule has 1 aromatic rings. The molecule has 0 saturated carbocycles. The van der Waals surface area contributed by atoms with Crippen LogP contribution in [0.15, 0.2) is 0 Å². The highest BCUT2D eigenvalue weighted by atomic mass is 32.1. The van der Waals surface area contributed by atoms with Gasteiger partial charge in [-0.15, -0.1) is 11.3 Å². The van der Waals surface area contributed by atoms with Gasteiger partial charge in [-0.25, -0.2) is 0 Å². The molecular weight excluding hydrogens is 196 g/mol. The third-order valence-electron chi connectivity index (χ3n) is 2.65. The van der Waals surface area contributed by atoms with Crippen LogP contribution in [-0.2, 0) is 12.8 Å². The van der Waals surface area contributed by atoms with Gasteiger partial charge in [0.25, 0.3) is 5.91 Å². The average Bonchev–Trinajstić information content (AvgIpc) is 2.53. The number of rotatable bonds is 1. The lowest BCUT2D eigenvalue weighted by Gasteiger charge is -2.11. The second-order valence-corrected chi connectivity index (χ2v) is 4.67. The van der Waals surface area contributed by atoms with E-state index in [1.54, 1.807) is 18.4 Å². The first-order valence-corrected chi connectivity index (χ1v) is 5.67. The minimum absolute atomic E-state index is 0.0399. The fourth-order valence-corrected chi connectivity index (χ4v) is 3.12. The van der Waals surface area contributed by atoms with Gasteiger partial charge in [-0.3, -0.25) is 4.79 Å². The highest BCUT2D eigenvalue weighted by Gasteiger charge is 2.22. The van der Waals surface area contributed by atoms with Crippen molar-refractivity contribution in [3.8, 4) is 0 Å². The van der Waals surface area contributed by atoms with Crippen LogP contribution in [0.5, 0.6) is 0 Å². The lowest BCUT2D eigenvalue weighted by molar-refractivity contribution is 0.0963. The van der Waals surface area contributed by atoms with Gasteiger partial charge in [-0.1, -0.05) is 0 Å². The monoisotopic (exact) mass is 210 g/mol. The summed E-state index contributed by atoms with van der Waals surface area (Å²) in [5.74, 6) is -0.0399. The van der Waals surface area contributed by atoms with E-state index < -0.39 is 0 Å². The van der Waals surface area contributed by atoms with Crippen LogP contribution in [0.4, 0.5) is 5.00 Å². The number of carbonyl (C=O) groups is 1. The maximum absolute atomic E-state index is 11.6. The Morgan fingerprint density at radius 2 is 2.14 bits per heavy atom. The van der Waals surface area contributed by atoms with E-state index in [-0.39, 0.29) is 5.91 Å².